The molecule has 10 aromatic carbocycles. The average molecular weight is 835 g/mol. The molecule has 12 aromatic rings. The van der Waals surface area contributed by atoms with Gasteiger partial charge in [-0.15, -0.1) is 11.3 Å². The van der Waals surface area contributed by atoms with Crippen LogP contribution in [0.1, 0.15) is 5.56 Å². The second-order valence-electron chi connectivity index (χ2n) is 16.6. The first-order chi connectivity index (χ1) is 31.6. The Hall–Kier alpha value is -7.98. The minimum atomic E-state index is 1.10. The van der Waals surface area contributed by atoms with Gasteiger partial charge >= 0.3 is 0 Å². The van der Waals surface area contributed by atoms with E-state index in [0.29, 0.717) is 0 Å². The molecule has 0 unspecified atom stereocenters. The molecule has 3 heteroatoms. The molecule has 0 N–H and O–H groups in total. The highest BCUT2D eigenvalue weighted by molar-refractivity contribution is 7.26. The third-order valence-electron chi connectivity index (χ3n) is 12.7. The third kappa shape index (κ3) is 6.66. The summed E-state index contributed by atoms with van der Waals surface area (Å²) < 4.78 is 5.03. The Morgan fingerprint density at radius 3 is 1.53 bits per heavy atom. The summed E-state index contributed by atoms with van der Waals surface area (Å²) in [7, 11) is 0. The van der Waals surface area contributed by atoms with Gasteiger partial charge in [0.1, 0.15) is 0 Å². The molecule has 0 spiro atoms. The Balaban J connectivity index is 0.924. The van der Waals surface area contributed by atoms with Gasteiger partial charge in [-0.2, -0.15) is 0 Å². The van der Waals surface area contributed by atoms with Crippen LogP contribution in [0.15, 0.2) is 237 Å². The largest absolute Gasteiger partial charge is 0.311 e. The van der Waals surface area contributed by atoms with Gasteiger partial charge in [0.25, 0.3) is 0 Å². The quantitative estimate of drug-likeness (QED) is 0.148. The fourth-order valence-electron chi connectivity index (χ4n) is 9.45. The maximum atomic E-state index is 2.38. The van der Waals surface area contributed by atoms with Crippen molar-refractivity contribution in [3.8, 4) is 50.2 Å². The van der Waals surface area contributed by atoms with Crippen LogP contribution >= 0.6 is 11.3 Å². The number of anilines is 3. The molecule has 2 nitrogen and oxygen atoms in total. The van der Waals surface area contributed by atoms with Gasteiger partial charge in [-0.1, -0.05) is 163 Å². The van der Waals surface area contributed by atoms with Gasteiger partial charge in [0.15, 0.2) is 0 Å². The van der Waals surface area contributed by atoms with Crippen molar-refractivity contribution in [3.05, 3.63) is 242 Å². The molecule has 0 aliphatic rings. The molecule has 0 saturated carbocycles. The zero-order chi connectivity index (χ0) is 42.6. The fraction of sp³-hybridized carbons (Fsp3) is 0.0164. The van der Waals surface area contributed by atoms with E-state index < -0.39 is 0 Å². The smallest absolute Gasteiger partial charge is 0.0541 e. The average Bonchev–Trinajstić information content (AvgIpc) is 3.91. The minimum absolute atomic E-state index is 1.10. The van der Waals surface area contributed by atoms with E-state index in [1.54, 1.807) is 0 Å². The van der Waals surface area contributed by atoms with Crippen molar-refractivity contribution in [3.63, 3.8) is 0 Å². The summed E-state index contributed by atoms with van der Waals surface area (Å²) in [5.74, 6) is 0. The number of thiophene rings is 1. The first kappa shape index (κ1) is 37.8. The van der Waals surface area contributed by atoms with Crippen LogP contribution in [0, 0.1) is 6.92 Å². The fourth-order valence-corrected chi connectivity index (χ4v) is 10.7. The molecule has 0 amide bonds. The van der Waals surface area contributed by atoms with Gasteiger partial charge in [0.05, 0.1) is 11.0 Å². The molecular weight excluding hydrogens is 793 g/mol. The van der Waals surface area contributed by atoms with Crippen molar-refractivity contribution in [1.29, 1.82) is 0 Å². The summed E-state index contributed by atoms with van der Waals surface area (Å²) in [5, 5.41) is 5.14. The number of benzene rings is 10. The summed E-state index contributed by atoms with van der Waals surface area (Å²) in [5.41, 5.74) is 17.8. The second kappa shape index (κ2) is 15.7. The highest BCUT2D eigenvalue weighted by atomic mass is 32.1. The standard InChI is InChI=1S/C61H42N2S/c1-41-21-30-52(31-22-41)63-58-19-7-5-15-54(58)57-40-48(29-38-59(57)63)44-25-34-50(35-26-44)62(49-32-23-43(24-33-49)47-14-9-13-46(39-47)42-11-3-2-4-12-42)51-36-27-45(28-37-51)53-17-10-18-56-55-16-6-8-20-60(55)64-61(53)56/h2-40H,1H3. The van der Waals surface area contributed by atoms with Crippen LogP contribution in [-0.4, -0.2) is 4.57 Å². The van der Waals surface area contributed by atoms with Crippen molar-refractivity contribution < 1.29 is 0 Å². The van der Waals surface area contributed by atoms with E-state index in [2.05, 4.69) is 253 Å². The first-order valence-electron chi connectivity index (χ1n) is 21.9. The van der Waals surface area contributed by atoms with E-state index in [0.717, 1.165) is 17.1 Å². The van der Waals surface area contributed by atoms with Crippen LogP contribution in [0.25, 0.3) is 92.2 Å². The maximum Gasteiger partial charge on any atom is 0.0541 e. The van der Waals surface area contributed by atoms with Gasteiger partial charge in [-0.3, -0.25) is 0 Å². The molecule has 0 bridgehead atoms. The van der Waals surface area contributed by atoms with Crippen LogP contribution in [0.2, 0.25) is 0 Å². The summed E-state index contributed by atoms with van der Waals surface area (Å²) in [4.78, 5) is 2.37. The summed E-state index contributed by atoms with van der Waals surface area (Å²) in [6, 6.07) is 86.5. The maximum absolute atomic E-state index is 2.38. The first-order valence-corrected chi connectivity index (χ1v) is 22.7. The van der Waals surface area contributed by atoms with Gasteiger partial charge in [-0.05, 0) is 130 Å². The highest BCUT2D eigenvalue weighted by Gasteiger charge is 2.17. The van der Waals surface area contributed by atoms with Crippen molar-refractivity contribution in [1.82, 2.24) is 4.57 Å². The molecule has 0 fully saturated rings. The molecule has 0 aliphatic heterocycles. The highest BCUT2D eigenvalue weighted by Crippen LogP contribution is 2.43. The summed E-state index contributed by atoms with van der Waals surface area (Å²) >= 11 is 1.88. The molecule has 0 radical (unpaired) electrons. The Morgan fingerprint density at radius 1 is 0.344 bits per heavy atom. The molecule has 0 saturated heterocycles. The lowest BCUT2D eigenvalue weighted by molar-refractivity contribution is 1.17. The predicted octanol–water partition coefficient (Wildman–Crippen LogP) is 17.6. The summed E-state index contributed by atoms with van der Waals surface area (Å²) in [6.45, 7) is 2.14. The number of nitrogens with zero attached hydrogens (tertiary/aromatic N) is 2. The number of hydrogen-bond acceptors (Lipinski definition) is 2. The molecule has 12 rings (SSSR count). The molecule has 0 aliphatic carbocycles. The number of para-hydroxylation sites is 1. The topological polar surface area (TPSA) is 8.17 Å². The molecule has 64 heavy (non-hydrogen) atoms. The SMILES string of the molecule is Cc1ccc(-n2c3ccccc3c3cc(-c4ccc(N(c5ccc(-c6cccc(-c7ccccc7)c6)cc5)c5ccc(-c6cccc7c6sc6ccccc67)cc5)cc4)ccc32)cc1. The lowest BCUT2D eigenvalue weighted by Crippen LogP contribution is -2.09. The van der Waals surface area contributed by atoms with Gasteiger partial charge in [0, 0.05) is 53.7 Å². The lowest BCUT2D eigenvalue weighted by atomic mass is 9.98. The number of aromatic nitrogens is 1. The monoisotopic (exact) mass is 834 g/mol. The number of hydrogen-bond donors (Lipinski definition) is 0. The Labute approximate surface area is 377 Å². The van der Waals surface area contributed by atoms with Crippen molar-refractivity contribution in [2.24, 2.45) is 0 Å². The van der Waals surface area contributed by atoms with Crippen molar-refractivity contribution >= 4 is 70.4 Å². The number of fused-ring (bicyclic) bond motifs is 6. The van der Waals surface area contributed by atoms with Crippen LogP contribution in [0.5, 0.6) is 0 Å². The minimum Gasteiger partial charge on any atom is -0.311 e. The number of rotatable bonds is 8. The van der Waals surface area contributed by atoms with Gasteiger partial charge in [0.2, 0.25) is 0 Å². The van der Waals surface area contributed by atoms with Gasteiger partial charge in [-0.25, -0.2) is 0 Å². The normalized spacial score (nSPS) is 11.5. The van der Waals surface area contributed by atoms with E-state index >= 15 is 0 Å². The van der Waals surface area contributed by atoms with E-state index in [-0.39, 0.29) is 0 Å². The van der Waals surface area contributed by atoms with Crippen LogP contribution in [0.4, 0.5) is 17.1 Å². The molecule has 2 aromatic heterocycles. The van der Waals surface area contributed by atoms with Crippen molar-refractivity contribution in [2.75, 3.05) is 4.90 Å². The van der Waals surface area contributed by atoms with Crippen LogP contribution < -0.4 is 4.90 Å². The van der Waals surface area contributed by atoms with Crippen molar-refractivity contribution in [2.45, 2.75) is 6.92 Å². The Morgan fingerprint density at radius 2 is 0.844 bits per heavy atom. The Bertz CT molecular complexity index is 3640. The van der Waals surface area contributed by atoms with Crippen LogP contribution in [0.3, 0.4) is 0 Å². The van der Waals surface area contributed by atoms with E-state index in [4.69, 9.17) is 0 Å². The molecule has 0 atom stereocenters. The van der Waals surface area contributed by atoms with Gasteiger partial charge < -0.3 is 9.47 Å². The van der Waals surface area contributed by atoms with E-state index in [1.807, 2.05) is 11.3 Å². The van der Waals surface area contributed by atoms with E-state index in [1.165, 1.54) is 97.7 Å². The van der Waals surface area contributed by atoms with E-state index in [9.17, 15) is 0 Å². The zero-order valence-corrected chi connectivity index (χ0v) is 36.1. The lowest BCUT2D eigenvalue weighted by Gasteiger charge is -2.26. The second-order valence-corrected chi connectivity index (χ2v) is 17.7. The predicted molar refractivity (Wildman–Crippen MR) is 275 cm³/mol. The third-order valence-corrected chi connectivity index (χ3v) is 13.9. The zero-order valence-electron chi connectivity index (χ0n) is 35.3. The molecule has 302 valence electrons. The molecule has 2 heterocycles. The van der Waals surface area contributed by atoms with Crippen LogP contribution in [-0.2, 0) is 0 Å². The number of aryl methyl sites for hydroxylation is 1. The summed E-state index contributed by atoms with van der Waals surface area (Å²) in [6.07, 6.45) is 0. The molecular formula is C61H42N2S. The Kier molecular flexibility index (Phi) is 9.28.